The summed E-state index contributed by atoms with van der Waals surface area (Å²) in [5.74, 6) is 0.851. The van der Waals surface area contributed by atoms with Gasteiger partial charge in [-0.3, -0.25) is 4.57 Å². The van der Waals surface area contributed by atoms with E-state index >= 15 is 0 Å². The molecule has 0 aliphatic rings. The number of aryl methyl sites for hydroxylation is 2. The normalized spacial score (nSPS) is 11.2. The maximum absolute atomic E-state index is 14.7. The highest BCUT2D eigenvalue weighted by atomic mass is 19.1. The average Bonchev–Trinajstić information content (AvgIpc) is 3.07. The molecule has 166 valence electrons. The van der Waals surface area contributed by atoms with E-state index in [9.17, 15) is 9.18 Å². The summed E-state index contributed by atoms with van der Waals surface area (Å²) in [7, 11) is 0. The van der Waals surface area contributed by atoms with E-state index in [4.69, 9.17) is 10.5 Å². The van der Waals surface area contributed by atoms with E-state index in [-0.39, 0.29) is 23.8 Å². The maximum Gasteiger partial charge on any atom is 0.328 e. The predicted molar refractivity (Wildman–Crippen MR) is 123 cm³/mol. The molecule has 32 heavy (non-hydrogen) atoms. The number of nitrogens with two attached hydrogens (primary N) is 1. The Morgan fingerprint density at radius 1 is 1.09 bits per heavy atom. The molecule has 0 atom stereocenters. The summed E-state index contributed by atoms with van der Waals surface area (Å²) in [5, 5.41) is 0. The minimum atomic E-state index is -0.507. The quantitative estimate of drug-likeness (QED) is 0.390. The van der Waals surface area contributed by atoms with Gasteiger partial charge in [-0.2, -0.15) is 0 Å². The molecule has 0 saturated carbocycles. The largest absolute Gasteiger partial charge is 0.454 e. The molecule has 4 rings (SSSR count). The Balaban J connectivity index is 1.50. The topological polar surface area (TPSA) is 98.8 Å². The van der Waals surface area contributed by atoms with E-state index in [0.29, 0.717) is 28.3 Å². The molecule has 0 aliphatic carbocycles. The number of hydrogen-bond donors (Lipinski definition) is 2. The highest BCUT2D eigenvalue weighted by Gasteiger charge is 2.14. The number of rotatable bonds is 8. The number of halogens is 1. The molecular formula is C24H26FN5O2. The second-order valence-corrected chi connectivity index (χ2v) is 7.84. The lowest BCUT2D eigenvalue weighted by Crippen LogP contribution is -2.18. The van der Waals surface area contributed by atoms with Crippen LogP contribution in [0.2, 0.25) is 0 Å². The van der Waals surface area contributed by atoms with Gasteiger partial charge in [-0.25, -0.2) is 19.2 Å². The Labute approximate surface area is 185 Å². The highest BCUT2D eigenvalue weighted by Crippen LogP contribution is 2.26. The zero-order valence-corrected chi connectivity index (χ0v) is 18.2. The Hall–Kier alpha value is -3.68. The first-order chi connectivity index (χ1) is 15.4. The fraction of sp³-hybridized carbons (Fsp3) is 0.292. The van der Waals surface area contributed by atoms with Gasteiger partial charge >= 0.3 is 5.69 Å². The van der Waals surface area contributed by atoms with Gasteiger partial charge in [0.2, 0.25) is 0 Å². The van der Waals surface area contributed by atoms with Crippen molar-refractivity contribution in [3.63, 3.8) is 0 Å². The number of ether oxygens (including phenoxy) is 1. The summed E-state index contributed by atoms with van der Waals surface area (Å²) < 4.78 is 21.9. The van der Waals surface area contributed by atoms with E-state index in [0.717, 1.165) is 12.8 Å². The number of nitrogen functional groups attached to an aromatic ring is 1. The van der Waals surface area contributed by atoms with Gasteiger partial charge in [0.05, 0.1) is 6.54 Å². The van der Waals surface area contributed by atoms with Crippen molar-refractivity contribution < 1.29 is 9.13 Å². The van der Waals surface area contributed by atoms with E-state index in [1.807, 2.05) is 24.3 Å². The standard InChI is InChI=1S/C24H26FN5O2/c1-3-4-5-6-16-7-10-18(11-8-16)32-20-12-9-17(13-19(20)25)14-30-23-21(29-24(30)31)22(26)27-15(2)28-23/h7-13H,3-6,14H2,1-2H3,(H,29,31)(H2,26,27,28). The van der Waals surface area contributed by atoms with E-state index in [1.165, 1.54) is 29.0 Å². The van der Waals surface area contributed by atoms with Crippen molar-refractivity contribution in [1.29, 1.82) is 0 Å². The number of fused-ring (bicyclic) bond motifs is 1. The van der Waals surface area contributed by atoms with Gasteiger partial charge in [0.1, 0.15) is 17.1 Å². The van der Waals surface area contributed by atoms with Crippen LogP contribution in [0.4, 0.5) is 10.2 Å². The molecule has 0 bridgehead atoms. The Kier molecular flexibility index (Phi) is 6.20. The molecule has 3 N–H and O–H groups in total. The van der Waals surface area contributed by atoms with Gasteiger partial charge in [-0.15, -0.1) is 0 Å². The summed E-state index contributed by atoms with van der Waals surface area (Å²) in [6, 6.07) is 12.4. The number of imidazole rings is 1. The summed E-state index contributed by atoms with van der Waals surface area (Å²) in [4.78, 5) is 23.4. The third-order valence-corrected chi connectivity index (χ3v) is 5.32. The molecule has 2 heterocycles. The average molecular weight is 436 g/mol. The van der Waals surface area contributed by atoms with Gasteiger partial charge in [0, 0.05) is 0 Å². The van der Waals surface area contributed by atoms with Crippen molar-refractivity contribution in [3.8, 4) is 11.5 Å². The molecule has 2 aromatic carbocycles. The summed E-state index contributed by atoms with van der Waals surface area (Å²) in [5.41, 5.74) is 8.10. The lowest BCUT2D eigenvalue weighted by atomic mass is 10.1. The Morgan fingerprint density at radius 2 is 1.84 bits per heavy atom. The molecule has 2 aromatic heterocycles. The number of nitrogens with one attached hydrogen (secondary N) is 1. The van der Waals surface area contributed by atoms with Gasteiger partial charge in [0.15, 0.2) is 23.0 Å². The lowest BCUT2D eigenvalue weighted by molar-refractivity contribution is 0.441. The first-order valence-electron chi connectivity index (χ1n) is 10.7. The molecule has 0 unspecified atom stereocenters. The predicted octanol–water partition coefficient (Wildman–Crippen LogP) is 4.72. The molecule has 0 aliphatic heterocycles. The van der Waals surface area contributed by atoms with Crippen LogP contribution >= 0.6 is 0 Å². The van der Waals surface area contributed by atoms with Crippen LogP contribution in [0.15, 0.2) is 47.3 Å². The molecule has 8 heteroatoms. The van der Waals surface area contributed by atoms with Crippen molar-refractivity contribution in [3.05, 3.63) is 75.7 Å². The fourth-order valence-corrected chi connectivity index (χ4v) is 3.65. The molecule has 0 amide bonds. The van der Waals surface area contributed by atoms with Crippen molar-refractivity contribution in [1.82, 2.24) is 19.5 Å². The van der Waals surface area contributed by atoms with Crippen LogP contribution in [-0.4, -0.2) is 19.5 Å². The minimum absolute atomic E-state index is 0.126. The number of aromatic amines is 1. The molecule has 0 radical (unpaired) electrons. The van der Waals surface area contributed by atoms with Gasteiger partial charge in [0.25, 0.3) is 0 Å². The second-order valence-electron chi connectivity index (χ2n) is 7.84. The monoisotopic (exact) mass is 435 g/mol. The third-order valence-electron chi connectivity index (χ3n) is 5.32. The van der Waals surface area contributed by atoms with Crippen LogP contribution < -0.4 is 16.2 Å². The molecule has 0 fully saturated rings. The number of benzene rings is 2. The maximum atomic E-state index is 14.7. The number of unbranched alkanes of at least 4 members (excludes halogenated alkanes) is 2. The van der Waals surface area contributed by atoms with E-state index in [1.54, 1.807) is 19.1 Å². The molecule has 0 saturated heterocycles. The van der Waals surface area contributed by atoms with Crippen LogP contribution in [0.3, 0.4) is 0 Å². The van der Waals surface area contributed by atoms with Crippen LogP contribution in [-0.2, 0) is 13.0 Å². The first-order valence-corrected chi connectivity index (χ1v) is 10.7. The van der Waals surface area contributed by atoms with E-state index in [2.05, 4.69) is 21.9 Å². The summed E-state index contributed by atoms with van der Waals surface area (Å²) in [6.07, 6.45) is 4.58. The Morgan fingerprint density at radius 3 is 2.56 bits per heavy atom. The van der Waals surface area contributed by atoms with Crippen LogP contribution in [0.25, 0.3) is 11.2 Å². The minimum Gasteiger partial charge on any atom is -0.454 e. The number of nitrogens with zero attached hydrogens (tertiary/aromatic N) is 3. The van der Waals surface area contributed by atoms with Crippen molar-refractivity contribution in [2.24, 2.45) is 0 Å². The number of hydrogen-bond acceptors (Lipinski definition) is 5. The molecule has 0 spiro atoms. The lowest BCUT2D eigenvalue weighted by Gasteiger charge is -2.10. The van der Waals surface area contributed by atoms with Crippen LogP contribution in [0, 0.1) is 12.7 Å². The van der Waals surface area contributed by atoms with Crippen molar-refractivity contribution in [2.75, 3.05) is 5.73 Å². The third kappa shape index (κ3) is 4.64. The Bertz CT molecular complexity index is 1290. The first kappa shape index (κ1) is 21.5. The van der Waals surface area contributed by atoms with Gasteiger partial charge in [-0.05, 0) is 55.2 Å². The summed E-state index contributed by atoms with van der Waals surface area (Å²) in [6.45, 7) is 4.01. The molecular weight excluding hydrogens is 409 g/mol. The molecule has 7 nitrogen and oxygen atoms in total. The highest BCUT2D eigenvalue weighted by molar-refractivity contribution is 5.81. The smallest absolute Gasteiger partial charge is 0.328 e. The van der Waals surface area contributed by atoms with Crippen LogP contribution in [0.5, 0.6) is 11.5 Å². The number of aromatic nitrogens is 4. The zero-order valence-electron chi connectivity index (χ0n) is 18.2. The van der Waals surface area contributed by atoms with Crippen molar-refractivity contribution in [2.45, 2.75) is 46.1 Å². The molecule has 4 aromatic rings. The van der Waals surface area contributed by atoms with E-state index < -0.39 is 5.82 Å². The zero-order chi connectivity index (χ0) is 22.7. The number of H-pyrrole nitrogens is 1. The van der Waals surface area contributed by atoms with Gasteiger partial charge in [-0.1, -0.05) is 38.0 Å². The SMILES string of the molecule is CCCCCc1ccc(Oc2ccc(Cn3c(=O)[nH]c4c(N)nc(C)nc43)cc2F)cc1. The fourth-order valence-electron chi connectivity index (χ4n) is 3.65. The van der Waals surface area contributed by atoms with Crippen LogP contribution in [0.1, 0.15) is 43.1 Å². The second kappa shape index (κ2) is 9.21. The van der Waals surface area contributed by atoms with Crippen molar-refractivity contribution >= 4 is 17.0 Å². The summed E-state index contributed by atoms with van der Waals surface area (Å²) >= 11 is 0. The van der Waals surface area contributed by atoms with Gasteiger partial charge < -0.3 is 15.5 Å². The number of anilines is 1.